The van der Waals surface area contributed by atoms with Crippen molar-refractivity contribution in [2.75, 3.05) is 26.3 Å². The fraction of sp³-hybridized carbons (Fsp3) is 0.722. The fourth-order valence-electron chi connectivity index (χ4n) is 4.05. The molecule has 1 saturated carbocycles. The molecule has 5 heteroatoms. The number of carbonyl (C=O) groups excluding carboxylic acids is 1. The van der Waals surface area contributed by atoms with Crippen molar-refractivity contribution in [1.29, 1.82) is 0 Å². The molecule has 1 atom stereocenters. The van der Waals surface area contributed by atoms with Gasteiger partial charge in [-0.1, -0.05) is 0 Å². The number of ether oxygens (including phenoxy) is 1. The van der Waals surface area contributed by atoms with Crippen LogP contribution in [0.1, 0.15) is 37.7 Å². The number of amides is 1. The maximum Gasteiger partial charge on any atom is 0.223 e. The average molecular weight is 334 g/mol. The topological polar surface area (TPSA) is 41.6 Å². The fourth-order valence-corrected chi connectivity index (χ4v) is 4.71. The van der Waals surface area contributed by atoms with Crippen molar-refractivity contribution >= 4 is 17.2 Å². The van der Waals surface area contributed by atoms with Gasteiger partial charge < -0.3 is 10.1 Å². The van der Waals surface area contributed by atoms with Gasteiger partial charge in [0.25, 0.3) is 0 Å². The van der Waals surface area contributed by atoms with E-state index in [1.807, 2.05) is 0 Å². The number of hydrogen-bond acceptors (Lipinski definition) is 4. The average Bonchev–Trinajstić information content (AvgIpc) is 3.30. The van der Waals surface area contributed by atoms with E-state index in [9.17, 15) is 4.79 Å². The quantitative estimate of drug-likeness (QED) is 0.920. The van der Waals surface area contributed by atoms with Crippen LogP contribution in [0, 0.1) is 11.3 Å². The molecule has 126 valence electrons. The highest BCUT2D eigenvalue weighted by molar-refractivity contribution is 7.07. The van der Waals surface area contributed by atoms with E-state index in [4.69, 9.17) is 4.74 Å². The summed E-state index contributed by atoms with van der Waals surface area (Å²) in [5.41, 5.74) is 1.69. The van der Waals surface area contributed by atoms with E-state index in [1.54, 1.807) is 11.3 Å². The van der Waals surface area contributed by atoms with Crippen LogP contribution < -0.4 is 5.32 Å². The zero-order valence-corrected chi connectivity index (χ0v) is 14.4. The summed E-state index contributed by atoms with van der Waals surface area (Å²) >= 11 is 1.77. The van der Waals surface area contributed by atoms with Crippen molar-refractivity contribution in [3.8, 4) is 0 Å². The Bertz CT molecular complexity index is 533. The third-order valence-electron chi connectivity index (χ3n) is 5.87. The van der Waals surface area contributed by atoms with Gasteiger partial charge in [0.15, 0.2) is 0 Å². The molecule has 0 unspecified atom stereocenters. The normalized spacial score (nSPS) is 27.9. The van der Waals surface area contributed by atoms with Crippen molar-refractivity contribution in [1.82, 2.24) is 10.2 Å². The van der Waals surface area contributed by atoms with Crippen LogP contribution in [0.2, 0.25) is 0 Å². The lowest BCUT2D eigenvalue weighted by molar-refractivity contribution is -0.127. The van der Waals surface area contributed by atoms with Gasteiger partial charge in [0.05, 0.1) is 12.6 Å². The molecule has 0 aromatic carbocycles. The predicted molar refractivity (Wildman–Crippen MR) is 91.4 cm³/mol. The molecule has 3 fully saturated rings. The van der Waals surface area contributed by atoms with Gasteiger partial charge in [-0.05, 0) is 73.0 Å². The third kappa shape index (κ3) is 3.47. The summed E-state index contributed by atoms with van der Waals surface area (Å²) < 4.78 is 5.70. The van der Waals surface area contributed by atoms with Gasteiger partial charge in [0.1, 0.15) is 0 Å². The lowest BCUT2D eigenvalue weighted by Gasteiger charge is -2.49. The summed E-state index contributed by atoms with van der Waals surface area (Å²) in [6.07, 6.45) is 5.59. The minimum absolute atomic E-state index is 0.215. The Hall–Kier alpha value is -0.910. The minimum Gasteiger partial charge on any atom is -0.379 e. The molecule has 1 aliphatic carbocycles. The van der Waals surface area contributed by atoms with Crippen molar-refractivity contribution in [3.05, 3.63) is 22.4 Å². The molecule has 1 aromatic heterocycles. The van der Waals surface area contributed by atoms with E-state index in [1.165, 1.54) is 18.4 Å². The van der Waals surface area contributed by atoms with Crippen molar-refractivity contribution < 1.29 is 9.53 Å². The van der Waals surface area contributed by atoms with Gasteiger partial charge >= 0.3 is 0 Å². The highest BCUT2D eigenvalue weighted by Crippen LogP contribution is 2.42. The SMILES string of the molecule is O=C(N[C@@H]1COCCC12CCN(Cc1ccsc1)CC2)C1CC1. The first-order chi connectivity index (χ1) is 11.3. The Balaban J connectivity index is 1.37. The molecule has 4 nitrogen and oxygen atoms in total. The molecule has 1 spiro atoms. The number of nitrogens with one attached hydrogen (secondary N) is 1. The van der Waals surface area contributed by atoms with Gasteiger partial charge in [-0.2, -0.15) is 11.3 Å². The summed E-state index contributed by atoms with van der Waals surface area (Å²) in [5, 5.41) is 7.72. The van der Waals surface area contributed by atoms with Gasteiger partial charge in [-0.15, -0.1) is 0 Å². The van der Waals surface area contributed by atoms with Crippen LogP contribution in [-0.4, -0.2) is 43.2 Å². The Kier molecular flexibility index (Phi) is 4.43. The second kappa shape index (κ2) is 6.54. The number of rotatable bonds is 4. The monoisotopic (exact) mass is 334 g/mol. The largest absolute Gasteiger partial charge is 0.379 e. The molecule has 3 aliphatic rings. The summed E-state index contributed by atoms with van der Waals surface area (Å²) in [5.74, 6) is 0.549. The summed E-state index contributed by atoms with van der Waals surface area (Å²) in [6, 6.07) is 2.44. The molecule has 0 radical (unpaired) electrons. The van der Waals surface area contributed by atoms with E-state index in [2.05, 4.69) is 27.0 Å². The summed E-state index contributed by atoms with van der Waals surface area (Å²) in [6.45, 7) is 4.87. The Morgan fingerprint density at radius 2 is 2.17 bits per heavy atom. The second-order valence-corrected chi connectivity index (χ2v) is 8.21. The van der Waals surface area contributed by atoms with Gasteiger partial charge in [-0.25, -0.2) is 0 Å². The number of thiophene rings is 1. The molecule has 23 heavy (non-hydrogen) atoms. The van der Waals surface area contributed by atoms with Crippen LogP contribution in [0.3, 0.4) is 0 Å². The molecule has 3 heterocycles. The van der Waals surface area contributed by atoms with E-state index in [0.29, 0.717) is 6.61 Å². The molecule has 1 N–H and O–H groups in total. The lowest BCUT2D eigenvalue weighted by atomic mass is 9.69. The minimum atomic E-state index is 0.215. The lowest BCUT2D eigenvalue weighted by Crippen LogP contribution is -2.57. The molecule has 2 saturated heterocycles. The standard InChI is InChI=1S/C18H26N2O2S/c21-17(15-1-2-15)19-16-12-22-9-6-18(16)4-7-20(8-5-18)11-14-3-10-23-13-14/h3,10,13,15-16H,1-2,4-9,11-12H2,(H,19,21)/t16-/m1/s1. The van der Waals surface area contributed by atoms with Crippen LogP contribution in [0.25, 0.3) is 0 Å². The maximum atomic E-state index is 12.2. The number of carbonyl (C=O) groups is 1. The van der Waals surface area contributed by atoms with Crippen molar-refractivity contribution in [2.24, 2.45) is 11.3 Å². The summed E-state index contributed by atoms with van der Waals surface area (Å²) in [7, 11) is 0. The molecule has 1 aromatic rings. The molecular weight excluding hydrogens is 308 g/mol. The van der Waals surface area contributed by atoms with E-state index >= 15 is 0 Å². The molecule has 0 bridgehead atoms. The Morgan fingerprint density at radius 1 is 1.35 bits per heavy atom. The van der Waals surface area contributed by atoms with Crippen molar-refractivity contribution in [3.63, 3.8) is 0 Å². The van der Waals surface area contributed by atoms with Crippen molar-refractivity contribution in [2.45, 2.75) is 44.7 Å². The van der Waals surface area contributed by atoms with E-state index in [-0.39, 0.29) is 23.3 Å². The predicted octanol–water partition coefficient (Wildman–Crippen LogP) is 2.65. The highest BCUT2D eigenvalue weighted by atomic mass is 32.1. The van der Waals surface area contributed by atoms with Gasteiger partial charge in [0, 0.05) is 19.1 Å². The number of nitrogens with zero attached hydrogens (tertiary/aromatic N) is 1. The zero-order valence-electron chi connectivity index (χ0n) is 13.6. The number of hydrogen-bond donors (Lipinski definition) is 1. The van der Waals surface area contributed by atoms with Crippen LogP contribution >= 0.6 is 11.3 Å². The van der Waals surface area contributed by atoms with Gasteiger partial charge in [0.2, 0.25) is 5.91 Å². The maximum absolute atomic E-state index is 12.2. The van der Waals surface area contributed by atoms with Crippen LogP contribution in [-0.2, 0) is 16.1 Å². The molecule has 2 aliphatic heterocycles. The van der Waals surface area contributed by atoms with E-state index < -0.39 is 0 Å². The number of likely N-dealkylation sites (tertiary alicyclic amines) is 1. The summed E-state index contributed by atoms with van der Waals surface area (Å²) in [4.78, 5) is 14.8. The Morgan fingerprint density at radius 3 is 2.87 bits per heavy atom. The first-order valence-electron chi connectivity index (χ1n) is 8.87. The van der Waals surface area contributed by atoms with Crippen LogP contribution in [0.4, 0.5) is 0 Å². The smallest absolute Gasteiger partial charge is 0.223 e. The van der Waals surface area contributed by atoms with Crippen LogP contribution in [0.5, 0.6) is 0 Å². The van der Waals surface area contributed by atoms with Gasteiger partial charge in [-0.3, -0.25) is 9.69 Å². The zero-order chi connectivity index (χ0) is 15.7. The second-order valence-electron chi connectivity index (χ2n) is 7.43. The highest BCUT2D eigenvalue weighted by Gasteiger charge is 2.45. The van der Waals surface area contributed by atoms with Crippen LogP contribution in [0.15, 0.2) is 16.8 Å². The first kappa shape index (κ1) is 15.6. The molecule has 4 rings (SSSR count). The van der Waals surface area contributed by atoms with E-state index in [0.717, 1.165) is 45.5 Å². The third-order valence-corrected chi connectivity index (χ3v) is 6.60. The molecular formula is C18H26N2O2S. The number of piperidine rings is 1. The first-order valence-corrected chi connectivity index (χ1v) is 9.81. The molecule has 1 amide bonds. The Labute approximate surface area is 142 Å².